The molecule has 0 aromatic carbocycles. The highest BCUT2D eigenvalue weighted by Gasteiger charge is 2.10. The van der Waals surface area contributed by atoms with Gasteiger partial charge in [0.2, 0.25) is 0 Å². The van der Waals surface area contributed by atoms with Crippen LogP contribution in [-0.4, -0.2) is 22.6 Å². The molecule has 16 heavy (non-hydrogen) atoms. The summed E-state index contributed by atoms with van der Waals surface area (Å²) in [6, 6.07) is 9.25. The number of carbonyl (C=O) groups excluding carboxylic acids is 1. The van der Waals surface area contributed by atoms with Gasteiger partial charge in [0.05, 0.1) is 19.3 Å². The molecule has 0 aliphatic rings. The number of aromatic nitrogens is 2. The van der Waals surface area contributed by atoms with Crippen LogP contribution in [-0.2, 0) is 11.3 Å². The second-order valence-electron chi connectivity index (χ2n) is 3.33. The average molecular weight is 216 g/mol. The molecule has 0 radical (unpaired) electrons. The van der Waals surface area contributed by atoms with Gasteiger partial charge in [-0.2, -0.15) is 0 Å². The van der Waals surface area contributed by atoms with Gasteiger partial charge in [0, 0.05) is 12.4 Å². The van der Waals surface area contributed by atoms with E-state index >= 15 is 0 Å². The van der Waals surface area contributed by atoms with Crippen LogP contribution in [0, 0.1) is 0 Å². The highest BCUT2D eigenvalue weighted by atomic mass is 16.5. The van der Waals surface area contributed by atoms with Crippen molar-refractivity contribution in [3.8, 4) is 0 Å². The van der Waals surface area contributed by atoms with Gasteiger partial charge in [-0.3, -0.25) is 4.98 Å². The summed E-state index contributed by atoms with van der Waals surface area (Å²) in [5.41, 5.74) is 1.44. The van der Waals surface area contributed by atoms with E-state index in [2.05, 4.69) is 4.98 Å². The molecule has 0 saturated carbocycles. The maximum absolute atomic E-state index is 11.4. The highest BCUT2D eigenvalue weighted by molar-refractivity contribution is 5.87. The second kappa shape index (κ2) is 4.61. The lowest BCUT2D eigenvalue weighted by Crippen LogP contribution is -2.11. The lowest BCUT2D eigenvalue weighted by Gasteiger charge is -2.06. The van der Waals surface area contributed by atoms with Gasteiger partial charge in [-0.25, -0.2) is 4.79 Å². The van der Waals surface area contributed by atoms with Crippen molar-refractivity contribution in [3.63, 3.8) is 0 Å². The normalized spacial score (nSPS) is 10.1. The Kier molecular flexibility index (Phi) is 3.00. The van der Waals surface area contributed by atoms with E-state index in [9.17, 15) is 4.79 Å². The topological polar surface area (TPSA) is 44.1 Å². The van der Waals surface area contributed by atoms with Gasteiger partial charge in [-0.05, 0) is 24.3 Å². The van der Waals surface area contributed by atoms with E-state index in [-0.39, 0.29) is 5.97 Å². The number of hydrogen-bond acceptors (Lipinski definition) is 3. The number of methoxy groups -OCH3 is 1. The monoisotopic (exact) mass is 216 g/mol. The molecule has 0 spiro atoms. The first-order valence-electron chi connectivity index (χ1n) is 4.94. The minimum atomic E-state index is -0.332. The minimum Gasteiger partial charge on any atom is -0.464 e. The fraction of sp³-hybridized carbons (Fsp3) is 0.167. The molecule has 2 aromatic rings. The van der Waals surface area contributed by atoms with Crippen molar-refractivity contribution in [3.05, 3.63) is 54.1 Å². The molecule has 4 nitrogen and oxygen atoms in total. The SMILES string of the molecule is COC(=O)c1cccn1Cc1ccccn1. The van der Waals surface area contributed by atoms with Crippen molar-refractivity contribution >= 4 is 5.97 Å². The van der Waals surface area contributed by atoms with Crippen LogP contribution in [0.3, 0.4) is 0 Å². The molecule has 0 aliphatic heterocycles. The molecule has 0 bridgehead atoms. The molecule has 0 unspecified atom stereocenters. The molecule has 2 rings (SSSR count). The smallest absolute Gasteiger partial charge is 0.354 e. The van der Waals surface area contributed by atoms with Crippen LogP contribution in [0.1, 0.15) is 16.2 Å². The van der Waals surface area contributed by atoms with Crippen molar-refractivity contribution in [2.45, 2.75) is 6.54 Å². The number of nitrogens with zero attached hydrogens (tertiary/aromatic N) is 2. The fourth-order valence-electron chi connectivity index (χ4n) is 1.51. The van der Waals surface area contributed by atoms with E-state index in [4.69, 9.17) is 4.74 Å². The molecule has 2 heterocycles. The number of hydrogen-bond donors (Lipinski definition) is 0. The summed E-state index contributed by atoms with van der Waals surface area (Å²) in [5, 5.41) is 0. The largest absolute Gasteiger partial charge is 0.464 e. The summed E-state index contributed by atoms with van der Waals surface area (Å²) in [6.07, 6.45) is 3.57. The Morgan fingerprint density at radius 1 is 1.38 bits per heavy atom. The van der Waals surface area contributed by atoms with E-state index < -0.39 is 0 Å². The lowest BCUT2D eigenvalue weighted by atomic mass is 10.3. The molecular formula is C12H12N2O2. The molecule has 0 saturated heterocycles. The van der Waals surface area contributed by atoms with Crippen molar-refractivity contribution in [2.75, 3.05) is 7.11 Å². The van der Waals surface area contributed by atoms with Gasteiger partial charge in [0.1, 0.15) is 5.69 Å². The molecule has 0 N–H and O–H groups in total. The van der Waals surface area contributed by atoms with Crippen LogP contribution in [0.4, 0.5) is 0 Å². The van der Waals surface area contributed by atoms with Gasteiger partial charge in [-0.1, -0.05) is 6.07 Å². The number of ether oxygens (including phenoxy) is 1. The highest BCUT2D eigenvalue weighted by Crippen LogP contribution is 2.07. The van der Waals surface area contributed by atoms with Gasteiger partial charge in [-0.15, -0.1) is 0 Å². The maximum Gasteiger partial charge on any atom is 0.354 e. The first-order valence-corrected chi connectivity index (χ1v) is 4.94. The van der Waals surface area contributed by atoms with Crippen LogP contribution >= 0.6 is 0 Å². The van der Waals surface area contributed by atoms with Crippen LogP contribution in [0.5, 0.6) is 0 Å². The standard InChI is InChI=1S/C12H12N2O2/c1-16-12(15)11-6-4-8-14(11)9-10-5-2-3-7-13-10/h2-8H,9H2,1H3. The Labute approximate surface area is 93.5 Å². The Bertz CT molecular complexity index is 477. The van der Waals surface area contributed by atoms with Gasteiger partial charge in [0.25, 0.3) is 0 Å². The van der Waals surface area contributed by atoms with E-state index in [0.717, 1.165) is 5.69 Å². The van der Waals surface area contributed by atoms with Crippen molar-refractivity contribution < 1.29 is 9.53 Å². The quantitative estimate of drug-likeness (QED) is 0.734. The third kappa shape index (κ3) is 2.11. The van der Waals surface area contributed by atoms with Gasteiger partial charge < -0.3 is 9.30 Å². The molecule has 4 heteroatoms. The summed E-state index contributed by atoms with van der Waals surface area (Å²) in [6.45, 7) is 0.568. The Hall–Kier alpha value is -2.10. The molecule has 0 aliphatic carbocycles. The first-order chi connectivity index (χ1) is 7.81. The van der Waals surface area contributed by atoms with Crippen molar-refractivity contribution in [1.82, 2.24) is 9.55 Å². The van der Waals surface area contributed by atoms with Crippen LogP contribution < -0.4 is 0 Å². The summed E-state index contributed by atoms with van der Waals surface area (Å²) < 4.78 is 6.51. The Morgan fingerprint density at radius 2 is 2.25 bits per heavy atom. The molecular weight excluding hydrogens is 204 g/mol. The van der Waals surface area contributed by atoms with E-state index in [0.29, 0.717) is 12.2 Å². The van der Waals surface area contributed by atoms with Crippen molar-refractivity contribution in [1.29, 1.82) is 0 Å². The van der Waals surface area contributed by atoms with E-state index in [1.54, 1.807) is 12.3 Å². The third-order valence-electron chi connectivity index (χ3n) is 2.28. The zero-order valence-electron chi connectivity index (χ0n) is 8.96. The number of esters is 1. The molecule has 0 amide bonds. The molecule has 0 fully saturated rings. The second-order valence-corrected chi connectivity index (χ2v) is 3.33. The zero-order valence-corrected chi connectivity index (χ0v) is 8.96. The summed E-state index contributed by atoms with van der Waals surface area (Å²) >= 11 is 0. The predicted octanol–water partition coefficient (Wildman–Crippen LogP) is 1.72. The maximum atomic E-state index is 11.4. The zero-order chi connectivity index (χ0) is 11.4. The lowest BCUT2D eigenvalue weighted by molar-refractivity contribution is 0.0589. The molecule has 2 aromatic heterocycles. The summed E-state index contributed by atoms with van der Waals surface area (Å²) in [5.74, 6) is -0.332. The number of rotatable bonds is 3. The number of pyridine rings is 1. The predicted molar refractivity (Wildman–Crippen MR) is 59.1 cm³/mol. The summed E-state index contributed by atoms with van der Waals surface area (Å²) in [7, 11) is 1.38. The van der Waals surface area contributed by atoms with E-state index in [1.165, 1.54) is 7.11 Å². The van der Waals surface area contributed by atoms with Gasteiger partial charge >= 0.3 is 5.97 Å². The Morgan fingerprint density at radius 3 is 2.94 bits per heavy atom. The van der Waals surface area contributed by atoms with Crippen molar-refractivity contribution in [2.24, 2.45) is 0 Å². The molecule has 82 valence electrons. The average Bonchev–Trinajstić information content (AvgIpc) is 2.77. The summed E-state index contributed by atoms with van der Waals surface area (Å²) in [4.78, 5) is 15.6. The Balaban J connectivity index is 2.22. The van der Waals surface area contributed by atoms with Crippen LogP contribution in [0.25, 0.3) is 0 Å². The van der Waals surface area contributed by atoms with Crippen LogP contribution in [0.15, 0.2) is 42.7 Å². The van der Waals surface area contributed by atoms with Gasteiger partial charge in [0.15, 0.2) is 0 Å². The third-order valence-corrected chi connectivity index (χ3v) is 2.28. The minimum absolute atomic E-state index is 0.332. The van der Waals surface area contributed by atoms with E-state index in [1.807, 2.05) is 35.0 Å². The fourth-order valence-corrected chi connectivity index (χ4v) is 1.51. The molecule has 0 atom stereocenters. The number of carbonyl (C=O) groups is 1. The van der Waals surface area contributed by atoms with Crippen LogP contribution in [0.2, 0.25) is 0 Å². The first kappa shape index (κ1) is 10.4.